The van der Waals surface area contributed by atoms with Gasteiger partial charge in [-0.25, -0.2) is 9.59 Å². The number of methoxy groups -OCH3 is 1. The van der Waals surface area contributed by atoms with Crippen molar-refractivity contribution in [1.82, 2.24) is 0 Å². The maximum Gasteiger partial charge on any atom is 0.365 e. The molecule has 0 aromatic heterocycles. The number of carbonyl (C=O) groups excluding carboxylic acids is 3. The molecule has 1 heterocycles. The van der Waals surface area contributed by atoms with Crippen molar-refractivity contribution in [1.29, 1.82) is 0 Å². The average molecular weight is 397 g/mol. The molecule has 7 heteroatoms. The monoisotopic (exact) mass is 397 g/mol. The molecule has 1 amide bonds. The number of hydrogen-bond donors (Lipinski definition) is 2. The SMILES string of the molecule is CCOC(=O)c1ccc(NC(=O)C[NH+]2Cc3ccccc3C[C@@H]2C(=O)OC)cc1. The molecule has 0 bridgehead atoms. The summed E-state index contributed by atoms with van der Waals surface area (Å²) >= 11 is 0. The zero-order chi connectivity index (χ0) is 20.8. The lowest BCUT2D eigenvalue weighted by Crippen LogP contribution is -3.17. The number of rotatable bonds is 6. The van der Waals surface area contributed by atoms with E-state index >= 15 is 0 Å². The average Bonchev–Trinajstić information content (AvgIpc) is 2.73. The summed E-state index contributed by atoms with van der Waals surface area (Å²) in [6.07, 6.45) is 0.541. The summed E-state index contributed by atoms with van der Waals surface area (Å²) in [5.74, 6) is -0.930. The fourth-order valence-corrected chi connectivity index (χ4v) is 3.55. The lowest BCUT2D eigenvalue weighted by Gasteiger charge is -2.31. The van der Waals surface area contributed by atoms with Crippen LogP contribution in [0.2, 0.25) is 0 Å². The molecule has 7 nitrogen and oxygen atoms in total. The molecule has 0 saturated carbocycles. The number of benzene rings is 2. The van der Waals surface area contributed by atoms with E-state index in [9.17, 15) is 14.4 Å². The molecule has 0 fully saturated rings. The largest absolute Gasteiger partial charge is 0.465 e. The second-order valence-electron chi connectivity index (χ2n) is 6.91. The zero-order valence-corrected chi connectivity index (χ0v) is 16.6. The Labute approximate surface area is 169 Å². The first-order chi connectivity index (χ1) is 14.0. The van der Waals surface area contributed by atoms with E-state index in [-0.39, 0.29) is 18.4 Å². The van der Waals surface area contributed by atoms with E-state index in [0.29, 0.717) is 30.8 Å². The Bertz CT molecular complexity index is 894. The third-order valence-electron chi connectivity index (χ3n) is 5.01. The number of carbonyl (C=O) groups is 3. The van der Waals surface area contributed by atoms with E-state index in [1.54, 1.807) is 31.2 Å². The van der Waals surface area contributed by atoms with Gasteiger partial charge in [-0.1, -0.05) is 24.3 Å². The lowest BCUT2D eigenvalue weighted by molar-refractivity contribution is -0.924. The van der Waals surface area contributed by atoms with Crippen molar-refractivity contribution < 1.29 is 28.8 Å². The molecule has 1 aliphatic rings. The maximum atomic E-state index is 12.6. The topological polar surface area (TPSA) is 86.1 Å². The van der Waals surface area contributed by atoms with E-state index in [0.717, 1.165) is 16.0 Å². The molecule has 2 aromatic carbocycles. The van der Waals surface area contributed by atoms with Crippen LogP contribution in [0.1, 0.15) is 28.4 Å². The van der Waals surface area contributed by atoms with Gasteiger partial charge < -0.3 is 19.7 Å². The normalized spacial score (nSPS) is 17.7. The van der Waals surface area contributed by atoms with Gasteiger partial charge in [0, 0.05) is 17.7 Å². The highest BCUT2D eigenvalue weighted by atomic mass is 16.5. The van der Waals surface area contributed by atoms with Gasteiger partial charge in [-0.2, -0.15) is 0 Å². The molecular formula is C22H25N2O5+. The van der Waals surface area contributed by atoms with Crippen LogP contribution in [0.3, 0.4) is 0 Å². The minimum absolute atomic E-state index is 0.133. The molecule has 0 radical (unpaired) electrons. The second kappa shape index (κ2) is 9.34. The van der Waals surface area contributed by atoms with Crippen LogP contribution in [-0.4, -0.2) is 44.1 Å². The third-order valence-corrected chi connectivity index (χ3v) is 5.01. The molecule has 2 aromatic rings. The summed E-state index contributed by atoms with van der Waals surface area (Å²) < 4.78 is 9.90. The van der Waals surface area contributed by atoms with Crippen molar-refractivity contribution in [2.75, 3.05) is 25.6 Å². The smallest absolute Gasteiger partial charge is 0.365 e. The predicted octanol–water partition coefficient (Wildman–Crippen LogP) is 0.985. The van der Waals surface area contributed by atoms with E-state index in [1.807, 2.05) is 24.3 Å². The van der Waals surface area contributed by atoms with E-state index in [2.05, 4.69) is 5.32 Å². The Morgan fingerprint density at radius 2 is 1.76 bits per heavy atom. The van der Waals surface area contributed by atoms with E-state index < -0.39 is 12.0 Å². The fourth-order valence-electron chi connectivity index (χ4n) is 3.55. The van der Waals surface area contributed by atoms with Gasteiger partial charge in [-0.3, -0.25) is 4.79 Å². The van der Waals surface area contributed by atoms with E-state index in [1.165, 1.54) is 7.11 Å². The molecule has 29 heavy (non-hydrogen) atoms. The summed E-state index contributed by atoms with van der Waals surface area (Å²) in [4.78, 5) is 37.4. The highest BCUT2D eigenvalue weighted by molar-refractivity contribution is 5.93. The summed E-state index contributed by atoms with van der Waals surface area (Å²) in [6.45, 7) is 2.76. The summed E-state index contributed by atoms with van der Waals surface area (Å²) in [5.41, 5.74) is 3.25. The molecule has 0 aliphatic carbocycles. The second-order valence-corrected chi connectivity index (χ2v) is 6.91. The van der Waals surface area contributed by atoms with Crippen LogP contribution in [0.15, 0.2) is 48.5 Å². The number of anilines is 1. The molecule has 3 rings (SSSR count). The first-order valence-corrected chi connectivity index (χ1v) is 9.58. The third kappa shape index (κ3) is 5.00. The number of nitrogens with one attached hydrogen (secondary N) is 2. The van der Waals surface area contributed by atoms with Gasteiger partial charge in [-0.15, -0.1) is 0 Å². The Balaban J connectivity index is 1.67. The summed E-state index contributed by atoms with van der Waals surface area (Å²) in [6, 6.07) is 14.0. The van der Waals surface area contributed by atoms with Crippen LogP contribution in [0.4, 0.5) is 5.69 Å². The van der Waals surface area contributed by atoms with Gasteiger partial charge in [-0.05, 0) is 36.8 Å². The first kappa shape index (κ1) is 20.5. The molecule has 2 atom stereocenters. The van der Waals surface area contributed by atoms with Crippen molar-refractivity contribution in [3.63, 3.8) is 0 Å². The Hall–Kier alpha value is -3.19. The fraction of sp³-hybridized carbons (Fsp3) is 0.318. The van der Waals surface area contributed by atoms with Gasteiger partial charge in [0.05, 0.1) is 19.3 Å². The molecule has 0 spiro atoms. The van der Waals surface area contributed by atoms with Gasteiger partial charge >= 0.3 is 11.9 Å². The van der Waals surface area contributed by atoms with Crippen molar-refractivity contribution >= 4 is 23.5 Å². The van der Waals surface area contributed by atoms with Crippen LogP contribution in [0, 0.1) is 0 Å². The number of hydrogen-bond acceptors (Lipinski definition) is 5. The Morgan fingerprint density at radius 1 is 1.07 bits per heavy atom. The van der Waals surface area contributed by atoms with Crippen LogP contribution < -0.4 is 10.2 Å². The Morgan fingerprint density at radius 3 is 2.41 bits per heavy atom. The van der Waals surface area contributed by atoms with Crippen LogP contribution in [-0.2, 0) is 32.0 Å². The summed E-state index contributed by atoms with van der Waals surface area (Å²) in [7, 11) is 1.37. The summed E-state index contributed by atoms with van der Waals surface area (Å²) in [5, 5.41) is 2.82. The Kier molecular flexibility index (Phi) is 6.61. The molecule has 1 aliphatic heterocycles. The number of esters is 2. The van der Waals surface area contributed by atoms with Crippen molar-refractivity contribution in [3.05, 3.63) is 65.2 Å². The van der Waals surface area contributed by atoms with Crippen LogP contribution in [0.25, 0.3) is 0 Å². The van der Waals surface area contributed by atoms with Crippen LogP contribution >= 0.6 is 0 Å². The standard InChI is InChI=1S/C22H24N2O5/c1-3-29-21(26)15-8-10-18(11-9-15)23-20(25)14-24-13-17-7-5-4-6-16(17)12-19(24)22(27)28-2/h4-11,19H,3,12-14H2,1-2H3,(H,23,25)/p+1/t19-/m1/s1. The molecule has 2 N–H and O–H groups in total. The predicted molar refractivity (Wildman–Crippen MR) is 107 cm³/mol. The quantitative estimate of drug-likeness (QED) is 0.710. The van der Waals surface area contributed by atoms with Gasteiger partial charge in [0.2, 0.25) is 0 Å². The minimum atomic E-state index is -0.424. The number of amides is 1. The van der Waals surface area contributed by atoms with E-state index in [4.69, 9.17) is 9.47 Å². The van der Waals surface area contributed by atoms with Crippen molar-refractivity contribution in [2.45, 2.75) is 25.9 Å². The number of quaternary nitrogens is 1. The first-order valence-electron chi connectivity index (χ1n) is 9.58. The maximum absolute atomic E-state index is 12.6. The molecular weight excluding hydrogens is 372 g/mol. The van der Waals surface area contributed by atoms with Crippen molar-refractivity contribution in [3.8, 4) is 0 Å². The molecule has 0 saturated heterocycles. The van der Waals surface area contributed by atoms with Crippen molar-refractivity contribution in [2.24, 2.45) is 0 Å². The highest BCUT2D eigenvalue weighted by Crippen LogP contribution is 2.15. The lowest BCUT2D eigenvalue weighted by atomic mass is 9.94. The van der Waals surface area contributed by atoms with Gasteiger partial charge in [0.1, 0.15) is 6.54 Å². The molecule has 152 valence electrons. The number of fused-ring (bicyclic) bond motifs is 1. The molecule has 1 unspecified atom stereocenters. The zero-order valence-electron chi connectivity index (χ0n) is 16.6. The highest BCUT2D eigenvalue weighted by Gasteiger charge is 2.37. The van der Waals surface area contributed by atoms with Gasteiger partial charge in [0.15, 0.2) is 12.6 Å². The van der Waals surface area contributed by atoms with Crippen LogP contribution in [0.5, 0.6) is 0 Å². The minimum Gasteiger partial charge on any atom is -0.465 e. The number of ether oxygens (including phenoxy) is 2. The van der Waals surface area contributed by atoms with Gasteiger partial charge in [0.25, 0.3) is 5.91 Å².